The first kappa shape index (κ1) is 23.9. The van der Waals surface area contributed by atoms with E-state index in [0.29, 0.717) is 40.3 Å². The van der Waals surface area contributed by atoms with E-state index < -0.39 is 5.91 Å². The van der Waals surface area contributed by atoms with Gasteiger partial charge in [0.2, 0.25) is 6.79 Å². The number of rotatable bonds is 8. The van der Waals surface area contributed by atoms with Gasteiger partial charge in [0.25, 0.3) is 5.91 Å². The molecule has 1 N–H and O–H groups in total. The van der Waals surface area contributed by atoms with Crippen LogP contribution >= 0.6 is 11.3 Å². The average Bonchev–Trinajstić information content (AvgIpc) is 3.60. The summed E-state index contributed by atoms with van der Waals surface area (Å²) in [7, 11) is 1.53. The number of carbonyl (C=O) groups is 1. The van der Waals surface area contributed by atoms with E-state index in [1.165, 1.54) is 24.5 Å². The Kier molecular flexibility index (Phi) is 7.01. The van der Waals surface area contributed by atoms with Gasteiger partial charge in [-0.25, -0.2) is 4.98 Å². The van der Waals surface area contributed by atoms with E-state index in [0.717, 1.165) is 16.8 Å². The van der Waals surface area contributed by atoms with Crippen LogP contribution in [-0.2, 0) is 11.4 Å². The molecule has 9 heteroatoms. The van der Waals surface area contributed by atoms with Gasteiger partial charge in [0.1, 0.15) is 18.2 Å². The van der Waals surface area contributed by atoms with Crippen LogP contribution in [0, 0.1) is 11.3 Å². The third kappa shape index (κ3) is 5.55. The number of amides is 1. The predicted octanol–water partition coefficient (Wildman–Crippen LogP) is 5.67. The van der Waals surface area contributed by atoms with Gasteiger partial charge >= 0.3 is 0 Å². The van der Waals surface area contributed by atoms with Crippen LogP contribution < -0.4 is 24.3 Å². The molecule has 5 rings (SSSR count). The third-order valence-electron chi connectivity index (χ3n) is 5.49. The maximum atomic E-state index is 12.7. The van der Waals surface area contributed by atoms with Gasteiger partial charge in [-0.1, -0.05) is 42.5 Å². The zero-order valence-electron chi connectivity index (χ0n) is 19.8. The largest absolute Gasteiger partial charge is 0.493 e. The molecule has 0 fully saturated rings. The van der Waals surface area contributed by atoms with Crippen LogP contribution in [0.1, 0.15) is 11.1 Å². The van der Waals surface area contributed by atoms with E-state index in [4.69, 9.17) is 18.9 Å². The fourth-order valence-electron chi connectivity index (χ4n) is 3.64. The molecule has 4 aromatic rings. The van der Waals surface area contributed by atoms with E-state index in [2.05, 4.69) is 10.3 Å². The number of thiazole rings is 1. The Balaban J connectivity index is 1.27. The number of methoxy groups -OCH3 is 1. The van der Waals surface area contributed by atoms with Crippen molar-refractivity contribution >= 4 is 28.5 Å². The number of hydrogen-bond acceptors (Lipinski definition) is 8. The molecular formula is C28H21N3O5S. The summed E-state index contributed by atoms with van der Waals surface area (Å²) in [4.78, 5) is 17.2. The molecular weight excluding hydrogens is 490 g/mol. The van der Waals surface area contributed by atoms with Crippen molar-refractivity contribution in [2.24, 2.45) is 0 Å². The Morgan fingerprint density at radius 3 is 2.76 bits per heavy atom. The fraction of sp³-hybridized carbons (Fsp3) is 0.107. The monoisotopic (exact) mass is 511 g/mol. The SMILES string of the molecule is COc1cc(C=C(C#N)C(=O)Nc2nc(-c3ccccc3)cs2)ccc1OCc1ccc2c(c1)OCO2. The van der Waals surface area contributed by atoms with Gasteiger partial charge in [0.15, 0.2) is 28.1 Å². The molecule has 1 aromatic heterocycles. The van der Waals surface area contributed by atoms with Gasteiger partial charge in [-0.3, -0.25) is 10.1 Å². The van der Waals surface area contributed by atoms with Crippen LogP contribution in [0.3, 0.4) is 0 Å². The van der Waals surface area contributed by atoms with Crippen LogP contribution in [0.5, 0.6) is 23.0 Å². The molecule has 0 atom stereocenters. The lowest BCUT2D eigenvalue weighted by Crippen LogP contribution is -2.13. The van der Waals surface area contributed by atoms with Gasteiger partial charge in [-0.2, -0.15) is 5.26 Å². The Morgan fingerprint density at radius 2 is 1.95 bits per heavy atom. The number of hydrogen-bond donors (Lipinski definition) is 1. The molecule has 2 heterocycles. The molecule has 184 valence electrons. The Morgan fingerprint density at radius 1 is 1.11 bits per heavy atom. The van der Waals surface area contributed by atoms with Crippen molar-refractivity contribution in [1.29, 1.82) is 5.26 Å². The predicted molar refractivity (Wildman–Crippen MR) is 140 cm³/mol. The molecule has 1 aliphatic rings. The molecule has 0 bridgehead atoms. The summed E-state index contributed by atoms with van der Waals surface area (Å²) in [6, 6.07) is 22.4. The summed E-state index contributed by atoms with van der Waals surface area (Å²) < 4.78 is 22.1. The number of benzene rings is 3. The minimum absolute atomic E-state index is 0.0625. The number of ether oxygens (including phenoxy) is 4. The minimum Gasteiger partial charge on any atom is -0.493 e. The highest BCUT2D eigenvalue weighted by Gasteiger charge is 2.15. The molecule has 0 radical (unpaired) electrons. The Labute approximate surface area is 217 Å². The molecule has 0 saturated carbocycles. The third-order valence-corrected chi connectivity index (χ3v) is 6.25. The van der Waals surface area contributed by atoms with Crippen LogP contribution in [-0.4, -0.2) is 24.8 Å². The fourth-order valence-corrected chi connectivity index (χ4v) is 4.35. The summed E-state index contributed by atoms with van der Waals surface area (Å²) in [5.41, 5.74) is 3.17. The van der Waals surface area contributed by atoms with Crippen molar-refractivity contribution in [3.05, 3.63) is 88.8 Å². The Bertz CT molecular complexity index is 1510. The van der Waals surface area contributed by atoms with Crippen LogP contribution in [0.4, 0.5) is 5.13 Å². The zero-order chi connectivity index (χ0) is 25.6. The smallest absolute Gasteiger partial charge is 0.268 e. The van der Waals surface area contributed by atoms with Crippen molar-refractivity contribution in [2.45, 2.75) is 6.61 Å². The lowest BCUT2D eigenvalue weighted by atomic mass is 10.1. The Hall–Kier alpha value is -4.81. The maximum absolute atomic E-state index is 12.7. The van der Waals surface area contributed by atoms with E-state index in [-0.39, 0.29) is 12.4 Å². The molecule has 1 aliphatic heterocycles. The van der Waals surface area contributed by atoms with Gasteiger partial charge in [-0.15, -0.1) is 11.3 Å². The first-order valence-electron chi connectivity index (χ1n) is 11.3. The lowest BCUT2D eigenvalue weighted by molar-refractivity contribution is -0.112. The molecule has 8 nitrogen and oxygen atoms in total. The normalized spacial score (nSPS) is 12.1. The molecule has 0 aliphatic carbocycles. The van der Waals surface area contributed by atoms with Crippen molar-refractivity contribution in [3.63, 3.8) is 0 Å². The zero-order valence-corrected chi connectivity index (χ0v) is 20.6. The highest BCUT2D eigenvalue weighted by atomic mass is 32.1. The lowest BCUT2D eigenvalue weighted by Gasteiger charge is -2.12. The first-order chi connectivity index (χ1) is 18.1. The van der Waals surface area contributed by atoms with Crippen molar-refractivity contribution in [1.82, 2.24) is 4.98 Å². The number of nitrogens with one attached hydrogen (secondary N) is 1. The van der Waals surface area contributed by atoms with E-state index in [1.807, 2.05) is 60.0 Å². The minimum atomic E-state index is -0.543. The topological polar surface area (TPSA) is 103 Å². The second-order valence-corrected chi connectivity index (χ2v) is 8.77. The quantitative estimate of drug-likeness (QED) is 0.240. The van der Waals surface area contributed by atoms with Crippen molar-refractivity contribution in [2.75, 3.05) is 19.2 Å². The van der Waals surface area contributed by atoms with Crippen LogP contribution in [0.25, 0.3) is 17.3 Å². The number of carbonyl (C=O) groups excluding carboxylic acids is 1. The van der Waals surface area contributed by atoms with Gasteiger partial charge < -0.3 is 18.9 Å². The molecule has 0 saturated heterocycles. The van der Waals surface area contributed by atoms with Gasteiger partial charge in [0, 0.05) is 10.9 Å². The van der Waals surface area contributed by atoms with E-state index in [9.17, 15) is 10.1 Å². The summed E-state index contributed by atoms with van der Waals surface area (Å²) in [5.74, 6) is 1.85. The summed E-state index contributed by atoms with van der Waals surface area (Å²) >= 11 is 1.29. The van der Waals surface area contributed by atoms with E-state index >= 15 is 0 Å². The van der Waals surface area contributed by atoms with Gasteiger partial charge in [-0.05, 0) is 41.5 Å². The summed E-state index contributed by atoms with van der Waals surface area (Å²) in [6.07, 6.45) is 1.49. The molecule has 37 heavy (non-hydrogen) atoms. The highest BCUT2D eigenvalue weighted by Crippen LogP contribution is 2.34. The average molecular weight is 512 g/mol. The highest BCUT2D eigenvalue weighted by molar-refractivity contribution is 7.14. The molecule has 3 aromatic carbocycles. The number of fused-ring (bicyclic) bond motifs is 1. The second kappa shape index (κ2) is 10.8. The number of anilines is 1. The number of nitrogens with zero attached hydrogens (tertiary/aromatic N) is 2. The van der Waals surface area contributed by atoms with Crippen molar-refractivity contribution in [3.8, 4) is 40.3 Å². The number of nitriles is 1. The molecule has 0 unspecified atom stereocenters. The molecule has 0 spiro atoms. The van der Waals surface area contributed by atoms with E-state index in [1.54, 1.807) is 18.2 Å². The standard InChI is InChI=1S/C28H21N3O5S/c1-33-25-12-18(7-9-23(25)34-15-19-8-10-24-26(13-19)36-17-35-24)11-21(14-29)27(32)31-28-30-22(16-37-28)20-5-3-2-4-6-20/h2-13,16H,15,17H2,1H3,(H,30,31,32). The van der Waals surface area contributed by atoms with Gasteiger partial charge in [0.05, 0.1) is 12.8 Å². The van der Waals surface area contributed by atoms with Crippen LogP contribution in [0.15, 0.2) is 77.7 Å². The second-order valence-electron chi connectivity index (χ2n) is 7.91. The first-order valence-corrected chi connectivity index (χ1v) is 12.1. The van der Waals surface area contributed by atoms with Crippen molar-refractivity contribution < 1.29 is 23.7 Å². The number of aromatic nitrogens is 1. The summed E-state index contributed by atoms with van der Waals surface area (Å²) in [5, 5.41) is 14.6. The van der Waals surface area contributed by atoms with Crippen LogP contribution in [0.2, 0.25) is 0 Å². The summed E-state index contributed by atoms with van der Waals surface area (Å²) in [6.45, 7) is 0.510. The maximum Gasteiger partial charge on any atom is 0.268 e. The molecule has 1 amide bonds.